The van der Waals surface area contributed by atoms with E-state index in [4.69, 9.17) is 11.5 Å². The van der Waals surface area contributed by atoms with Crippen LogP contribution in [0.3, 0.4) is 0 Å². The summed E-state index contributed by atoms with van der Waals surface area (Å²) in [5.74, 6) is 0. The monoisotopic (exact) mass is 432 g/mol. The van der Waals surface area contributed by atoms with Crippen molar-refractivity contribution in [2.24, 2.45) is 11.5 Å². The molecule has 0 spiro atoms. The topological polar surface area (TPSA) is 84.3 Å². The molecule has 0 aliphatic heterocycles. The summed E-state index contributed by atoms with van der Waals surface area (Å²) < 4.78 is 0. The summed E-state index contributed by atoms with van der Waals surface area (Å²) in [4.78, 5) is 13.8. The van der Waals surface area contributed by atoms with Crippen LogP contribution in [-0.2, 0) is 26.2 Å². The van der Waals surface area contributed by atoms with Crippen LogP contribution in [0, 0.1) is 0 Å². The molecule has 0 fully saturated rings. The number of pyridine rings is 2. The number of aromatic nitrogens is 2. The van der Waals surface area contributed by atoms with E-state index in [2.05, 4.69) is 56.2 Å². The fourth-order valence-electron chi connectivity index (χ4n) is 3.84. The van der Waals surface area contributed by atoms with Gasteiger partial charge in [-0.05, 0) is 61.3 Å². The summed E-state index contributed by atoms with van der Waals surface area (Å²) in [5.41, 5.74) is 16.4. The van der Waals surface area contributed by atoms with Crippen LogP contribution in [0.1, 0.15) is 35.4 Å². The number of nitrogens with two attached hydrogens (primary N) is 2. The van der Waals surface area contributed by atoms with Gasteiger partial charge in [-0.25, -0.2) is 0 Å². The van der Waals surface area contributed by atoms with Gasteiger partial charge in [-0.1, -0.05) is 36.4 Å². The van der Waals surface area contributed by atoms with Crippen molar-refractivity contribution in [3.05, 3.63) is 95.6 Å². The lowest BCUT2D eigenvalue weighted by molar-refractivity contribution is 0.248. The molecule has 0 saturated heterocycles. The Balaban J connectivity index is 1.67. The molecule has 0 saturated carbocycles. The number of rotatable bonds is 14. The van der Waals surface area contributed by atoms with Gasteiger partial charge in [0, 0.05) is 51.7 Å². The van der Waals surface area contributed by atoms with Crippen molar-refractivity contribution < 1.29 is 0 Å². The molecule has 6 heteroatoms. The Morgan fingerprint density at radius 3 is 1.50 bits per heavy atom. The second-order valence-corrected chi connectivity index (χ2v) is 8.17. The van der Waals surface area contributed by atoms with Gasteiger partial charge in [0.25, 0.3) is 0 Å². The van der Waals surface area contributed by atoms with Gasteiger partial charge in [0.15, 0.2) is 0 Å². The van der Waals surface area contributed by atoms with Gasteiger partial charge in [-0.2, -0.15) is 0 Å². The summed E-state index contributed by atoms with van der Waals surface area (Å²) in [7, 11) is 0. The van der Waals surface area contributed by atoms with E-state index in [9.17, 15) is 0 Å². The van der Waals surface area contributed by atoms with Crippen LogP contribution in [0.4, 0.5) is 0 Å². The minimum absolute atomic E-state index is 0.697. The van der Waals surface area contributed by atoms with E-state index in [1.807, 2.05) is 36.7 Å². The smallest absolute Gasteiger partial charge is 0.0544 e. The van der Waals surface area contributed by atoms with Gasteiger partial charge < -0.3 is 11.5 Å². The van der Waals surface area contributed by atoms with Crippen LogP contribution in [0.25, 0.3) is 0 Å². The first-order valence-corrected chi connectivity index (χ1v) is 11.5. The van der Waals surface area contributed by atoms with Gasteiger partial charge in [0.1, 0.15) is 0 Å². The fraction of sp³-hybridized carbons (Fsp3) is 0.385. The first-order valence-electron chi connectivity index (χ1n) is 11.5. The highest BCUT2D eigenvalue weighted by atomic mass is 15.1. The molecular formula is C26H36N6. The fourth-order valence-corrected chi connectivity index (χ4v) is 3.84. The highest BCUT2D eigenvalue weighted by molar-refractivity contribution is 5.24. The van der Waals surface area contributed by atoms with E-state index >= 15 is 0 Å². The van der Waals surface area contributed by atoms with Crippen molar-refractivity contribution in [2.45, 2.75) is 39.0 Å². The SMILES string of the molecule is NCCCN(Cc1cccc(CN(CCCN)Cc2ccccn2)c1)Cc1ccccn1. The molecule has 0 radical (unpaired) electrons. The molecule has 2 aromatic heterocycles. The molecule has 6 nitrogen and oxygen atoms in total. The predicted molar refractivity (Wildman–Crippen MR) is 130 cm³/mol. The number of hydrogen-bond donors (Lipinski definition) is 2. The normalized spacial score (nSPS) is 11.4. The molecule has 170 valence electrons. The van der Waals surface area contributed by atoms with Crippen LogP contribution in [0.15, 0.2) is 73.1 Å². The van der Waals surface area contributed by atoms with Crippen LogP contribution in [0.2, 0.25) is 0 Å². The second kappa shape index (κ2) is 13.7. The molecular weight excluding hydrogens is 396 g/mol. The van der Waals surface area contributed by atoms with Crippen LogP contribution in [-0.4, -0.2) is 45.9 Å². The minimum Gasteiger partial charge on any atom is -0.330 e. The standard InChI is InChI=1S/C26H36N6/c27-12-6-16-31(21-25-10-1-3-14-29-25)19-23-8-5-9-24(18-23)20-32(17-7-13-28)22-26-11-2-4-15-30-26/h1-5,8-11,14-15,18H,6-7,12-13,16-17,19-22,27-28H2. The lowest BCUT2D eigenvalue weighted by Crippen LogP contribution is -2.27. The van der Waals surface area contributed by atoms with E-state index < -0.39 is 0 Å². The number of benzene rings is 1. The highest BCUT2D eigenvalue weighted by Gasteiger charge is 2.11. The minimum atomic E-state index is 0.697. The summed E-state index contributed by atoms with van der Waals surface area (Å²) in [6, 6.07) is 21.1. The Hall–Kier alpha value is -2.64. The molecule has 0 atom stereocenters. The number of hydrogen-bond acceptors (Lipinski definition) is 6. The van der Waals surface area contributed by atoms with Gasteiger partial charge in [-0.15, -0.1) is 0 Å². The van der Waals surface area contributed by atoms with E-state index in [0.717, 1.165) is 63.5 Å². The molecule has 1 aromatic carbocycles. The van der Waals surface area contributed by atoms with Crippen LogP contribution >= 0.6 is 0 Å². The lowest BCUT2D eigenvalue weighted by atomic mass is 10.1. The largest absolute Gasteiger partial charge is 0.330 e. The van der Waals surface area contributed by atoms with Crippen LogP contribution in [0.5, 0.6) is 0 Å². The molecule has 0 amide bonds. The first-order chi connectivity index (χ1) is 15.8. The van der Waals surface area contributed by atoms with Crippen molar-refractivity contribution in [3.8, 4) is 0 Å². The Morgan fingerprint density at radius 2 is 1.09 bits per heavy atom. The average molecular weight is 433 g/mol. The van der Waals surface area contributed by atoms with E-state index in [-0.39, 0.29) is 0 Å². The maximum Gasteiger partial charge on any atom is 0.0544 e. The zero-order valence-corrected chi connectivity index (χ0v) is 18.9. The molecule has 4 N–H and O–H groups in total. The maximum atomic E-state index is 5.78. The van der Waals surface area contributed by atoms with Gasteiger partial charge in [0.2, 0.25) is 0 Å². The van der Waals surface area contributed by atoms with Gasteiger partial charge in [-0.3, -0.25) is 19.8 Å². The zero-order valence-electron chi connectivity index (χ0n) is 18.9. The van der Waals surface area contributed by atoms with Crippen molar-refractivity contribution in [3.63, 3.8) is 0 Å². The summed E-state index contributed by atoms with van der Waals surface area (Å²) in [5, 5.41) is 0. The van der Waals surface area contributed by atoms with Crippen molar-refractivity contribution >= 4 is 0 Å². The third-order valence-corrected chi connectivity index (χ3v) is 5.38. The third-order valence-electron chi connectivity index (χ3n) is 5.38. The molecule has 2 heterocycles. The molecule has 3 rings (SSSR count). The van der Waals surface area contributed by atoms with Gasteiger partial charge >= 0.3 is 0 Å². The van der Waals surface area contributed by atoms with Crippen LogP contribution < -0.4 is 11.5 Å². The Labute approximate surface area is 192 Å². The van der Waals surface area contributed by atoms with E-state index in [1.165, 1.54) is 11.1 Å². The van der Waals surface area contributed by atoms with Crippen molar-refractivity contribution in [1.82, 2.24) is 19.8 Å². The molecule has 3 aromatic rings. The molecule has 0 unspecified atom stereocenters. The predicted octanol–water partition coefficient (Wildman–Crippen LogP) is 3.18. The quantitative estimate of drug-likeness (QED) is 0.407. The average Bonchev–Trinajstić information content (AvgIpc) is 2.82. The Bertz CT molecular complexity index is 816. The van der Waals surface area contributed by atoms with Gasteiger partial charge in [0.05, 0.1) is 11.4 Å². The second-order valence-electron chi connectivity index (χ2n) is 8.17. The molecule has 0 bridgehead atoms. The zero-order chi connectivity index (χ0) is 22.4. The summed E-state index contributed by atoms with van der Waals surface area (Å²) in [6.45, 7) is 6.73. The highest BCUT2D eigenvalue weighted by Crippen LogP contribution is 2.14. The van der Waals surface area contributed by atoms with Crippen molar-refractivity contribution in [1.29, 1.82) is 0 Å². The molecule has 0 aliphatic rings. The summed E-state index contributed by atoms with van der Waals surface area (Å²) in [6.07, 6.45) is 5.66. The molecule has 32 heavy (non-hydrogen) atoms. The van der Waals surface area contributed by atoms with E-state index in [0.29, 0.717) is 13.1 Å². The first kappa shape index (κ1) is 24.0. The summed E-state index contributed by atoms with van der Waals surface area (Å²) >= 11 is 0. The number of nitrogens with zero attached hydrogens (tertiary/aromatic N) is 4. The van der Waals surface area contributed by atoms with E-state index in [1.54, 1.807) is 0 Å². The third kappa shape index (κ3) is 8.48. The Kier molecular flexibility index (Phi) is 10.3. The lowest BCUT2D eigenvalue weighted by Gasteiger charge is -2.24. The van der Waals surface area contributed by atoms with Crippen molar-refractivity contribution in [2.75, 3.05) is 26.2 Å². The molecule has 0 aliphatic carbocycles. The Morgan fingerprint density at radius 1 is 0.594 bits per heavy atom. The maximum absolute atomic E-state index is 5.78.